The number of hydrogen-bond acceptors (Lipinski definition) is 7. The molecule has 0 saturated carbocycles. The average molecular weight is 534 g/mol. The number of pyridine rings is 1. The number of nitrogens with two attached hydrogens (primary N) is 1. The number of fused-ring (bicyclic) bond motifs is 1. The summed E-state index contributed by atoms with van der Waals surface area (Å²) >= 11 is 0. The number of aromatic nitrogens is 4. The van der Waals surface area contributed by atoms with Gasteiger partial charge in [0.25, 0.3) is 5.91 Å². The summed E-state index contributed by atoms with van der Waals surface area (Å²) in [4.78, 5) is 16.4. The molecule has 0 bridgehead atoms. The second-order valence-electron chi connectivity index (χ2n) is 8.58. The summed E-state index contributed by atoms with van der Waals surface area (Å²) in [7, 11) is -3.49. The van der Waals surface area contributed by atoms with Crippen molar-refractivity contribution in [1.82, 2.24) is 20.0 Å². The van der Waals surface area contributed by atoms with Crippen molar-refractivity contribution < 1.29 is 31.5 Å². The minimum absolute atomic E-state index is 0.00195. The number of nitrogens with zero attached hydrogens (tertiary/aromatic N) is 4. The Morgan fingerprint density at radius 1 is 1.14 bits per heavy atom. The molecule has 2 aromatic carbocycles. The fraction of sp³-hybridized carbons (Fsp3) is 0.250. The van der Waals surface area contributed by atoms with Gasteiger partial charge in [0.1, 0.15) is 11.4 Å². The van der Waals surface area contributed by atoms with Gasteiger partial charge in [-0.15, -0.1) is 5.10 Å². The summed E-state index contributed by atoms with van der Waals surface area (Å²) in [5.74, 6) is -0.792. The molecule has 4 rings (SSSR count). The smallest absolute Gasteiger partial charge is 0.375 e. The third-order valence-corrected chi connectivity index (χ3v) is 7.10. The maximum absolute atomic E-state index is 13.4. The zero-order valence-corrected chi connectivity index (χ0v) is 20.5. The van der Waals surface area contributed by atoms with Gasteiger partial charge in [0.15, 0.2) is 9.84 Å². The first-order valence-electron chi connectivity index (χ1n) is 11.0. The zero-order valence-electron chi connectivity index (χ0n) is 19.7. The molecule has 0 aliphatic rings. The Hall–Kier alpha value is -3.84. The van der Waals surface area contributed by atoms with Crippen molar-refractivity contribution >= 4 is 26.6 Å². The van der Waals surface area contributed by atoms with Gasteiger partial charge >= 0.3 is 6.18 Å². The number of sulfone groups is 1. The van der Waals surface area contributed by atoms with E-state index >= 15 is 0 Å². The second kappa shape index (κ2) is 9.23. The molecule has 1 unspecified atom stereocenters. The van der Waals surface area contributed by atoms with E-state index in [0.29, 0.717) is 27.6 Å². The molecule has 3 N–H and O–H groups in total. The van der Waals surface area contributed by atoms with Gasteiger partial charge in [-0.25, -0.2) is 18.1 Å². The molecule has 4 aromatic rings. The number of alkyl halides is 3. The van der Waals surface area contributed by atoms with Gasteiger partial charge < -0.3 is 10.8 Å². The Morgan fingerprint density at radius 3 is 2.49 bits per heavy atom. The highest BCUT2D eigenvalue weighted by molar-refractivity contribution is 7.90. The van der Waals surface area contributed by atoms with Crippen molar-refractivity contribution in [3.63, 3.8) is 0 Å². The van der Waals surface area contributed by atoms with Crippen molar-refractivity contribution in [1.29, 1.82) is 0 Å². The molecule has 37 heavy (non-hydrogen) atoms. The number of rotatable bonds is 7. The number of benzene rings is 2. The lowest BCUT2D eigenvalue weighted by atomic mass is 9.96. The molecule has 0 fully saturated rings. The van der Waals surface area contributed by atoms with E-state index in [-0.39, 0.29) is 17.1 Å². The molecule has 2 aromatic heterocycles. The molecule has 1 atom stereocenters. The number of hydrogen-bond donors (Lipinski definition) is 2. The summed E-state index contributed by atoms with van der Waals surface area (Å²) in [6.45, 7) is 1.20. The van der Waals surface area contributed by atoms with Crippen molar-refractivity contribution in [3.8, 4) is 11.1 Å². The van der Waals surface area contributed by atoms with Crippen molar-refractivity contribution in [2.45, 2.75) is 36.6 Å². The van der Waals surface area contributed by atoms with Crippen LogP contribution in [0.15, 0.2) is 59.6 Å². The van der Waals surface area contributed by atoms with E-state index in [9.17, 15) is 31.5 Å². The minimum Gasteiger partial charge on any atom is -0.375 e. The quantitative estimate of drug-likeness (QED) is 0.372. The molecule has 9 nitrogen and oxygen atoms in total. The number of aliphatic hydroxyl groups is 1. The van der Waals surface area contributed by atoms with Crippen LogP contribution in [-0.2, 0) is 22.0 Å². The molecule has 0 aliphatic heterocycles. The Kier molecular flexibility index (Phi) is 6.54. The van der Waals surface area contributed by atoms with Crippen LogP contribution in [0.1, 0.15) is 35.1 Å². The van der Waals surface area contributed by atoms with Crippen LogP contribution in [0.3, 0.4) is 0 Å². The van der Waals surface area contributed by atoms with Gasteiger partial charge in [-0.1, -0.05) is 36.4 Å². The Bertz CT molecular complexity index is 1620. The first-order chi connectivity index (χ1) is 17.2. The molecule has 1 amide bonds. The summed E-state index contributed by atoms with van der Waals surface area (Å²) in [6, 6.07) is 12.7. The molecule has 0 spiro atoms. The zero-order chi connectivity index (χ0) is 27.2. The first kappa shape index (κ1) is 26.2. The maximum atomic E-state index is 13.4. The van der Waals surface area contributed by atoms with E-state index in [1.165, 1.54) is 25.1 Å². The minimum atomic E-state index is -4.93. The summed E-state index contributed by atoms with van der Waals surface area (Å²) in [5, 5.41) is 17.9. The second-order valence-corrected chi connectivity index (χ2v) is 10.6. The van der Waals surface area contributed by atoms with Gasteiger partial charge in [-0.2, -0.15) is 13.2 Å². The average Bonchev–Trinajstić information content (AvgIpc) is 3.30. The van der Waals surface area contributed by atoms with Crippen LogP contribution < -0.4 is 5.73 Å². The van der Waals surface area contributed by atoms with Crippen LogP contribution in [0.25, 0.3) is 22.0 Å². The maximum Gasteiger partial charge on any atom is 0.423 e. The van der Waals surface area contributed by atoms with Crippen LogP contribution in [0.2, 0.25) is 0 Å². The SMILES string of the molecule is CCC(O)(c1cn(Cc2ccc3c(-c4cccc(S(C)(=O)=O)c4)cc(C(N)=O)nc3c2)nn1)C(F)(F)F. The van der Waals surface area contributed by atoms with Gasteiger partial charge in [0.2, 0.25) is 5.60 Å². The van der Waals surface area contributed by atoms with Crippen molar-refractivity contribution in [2.75, 3.05) is 6.26 Å². The number of amides is 1. The summed E-state index contributed by atoms with van der Waals surface area (Å²) < 4.78 is 65.3. The molecule has 0 aliphatic carbocycles. The highest BCUT2D eigenvalue weighted by Crippen LogP contribution is 2.40. The predicted molar refractivity (Wildman–Crippen MR) is 128 cm³/mol. The van der Waals surface area contributed by atoms with Crippen LogP contribution in [-0.4, -0.2) is 51.8 Å². The lowest BCUT2D eigenvalue weighted by molar-refractivity contribution is -0.269. The highest BCUT2D eigenvalue weighted by atomic mass is 32.2. The topological polar surface area (TPSA) is 141 Å². The standard InChI is InChI=1S/C24H22F3N5O4S/c1-3-23(34,24(25,26)27)21-13-32(31-30-21)12-14-7-8-17-18(11-20(22(28)33)29-19(17)9-14)15-5-4-6-16(10-15)37(2,35)36/h4-11,13,34H,3,12H2,1-2H3,(H2,28,33). The van der Waals surface area contributed by atoms with Crippen LogP contribution in [0, 0.1) is 0 Å². The molecule has 0 radical (unpaired) electrons. The number of halogens is 3. The molecule has 13 heteroatoms. The normalized spacial score (nSPS) is 14.0. The molecule has 2 heterocycles. The first-order valence-corrected chi connectivity index (χ1v) is 12.9. The third kappa shape index (κ3) is 5.04. The predicted octanol–water partition coefficient (Wildman–Crippen LogP) is 3.20. The van der Waals surface area contributed by atoms with E-state index in [1.807, 2.05) is 0 Å². The lowest BCUT2D eigenvalue weighted by Gasteiger charge is -2.26. The van der Waals surface area contributed by atoms with Crippen molar-refractivity contribution in [2.24, 2.45) is 5.73 Å². The Labute approximate surface area is 209 Å². The van der Waals surface area contributed by atoms with Gasteiger partial charge in [-0.05, 0) is 47.4 Å². The summed E-state index contributed by atoms with van der Waals surface area (Å²) in [6.07, 6.45) is -3.44. The molecule has 0 saturated heterocycles. The fourth-order valence-corrected chi connectivity index (χ4v) is 4.58. The van der Waals surface area contributed by atoms with E-state index in [4.69, 9.17) is 5.73 Å². The number of carbonyl (C=O) groups is 1. The van der Waals surface area contributed by atoms with Crippen LogP contribution in [0.5, 0.6) is 0 Å². The van der Waals surface area contributed by atoms with E-state index in [2.05, 4.69) is 15.3 Å². The monoisotopic (exact) mass is 533 g/mol. The van der Waals surface area contributed by atoms with E-state index in [1.54, 1.807) is 30.3 Å². The van der Waals surface area contributed by atoms with Crippen molar-refractivity contribution in [3.05, 3.63) is 71.7 Å². The summed E-state index contributed by atoms with van der Waals surface area (Å²) in [5.41, 5.74) is 3.65. The lowest BCUT2D eigenvalue weighted by Crippen LogP contribution is -2.42. The van der Waals surface area contributed by atoms with E-state index < -0.39 is 39.6 Å². The number of primary amides is 1. The van der Waals surface area contributed by atoms with Crippen LogP contribution in [0.4, 0.5) is 13.2 Å². The Morgan fingerprint density at radius 2 is 1.86 bits per heavy atom. The Balaban J connectivity index is 1.77. The molecular weight excluding hydrogens is 511 g/mol. The highest BCUT2D eigenvalue weighted by Gasteiger charge is 2.55. The third-order valence-electron chi connectivity index (χ3n) is 5.99. The van der Waals surface area contributed by atoms with Gasteiger partial charge in [-0.3, -0.25) is 4.79 Å². The number of carbonyl (C=O) groups excluding carboxylic acids is 1. The molecular formula is C24H22F3N5O4S. The van der Waals surface area contributed by atoms with Gasteiger partial charge in [0, 0.05) is 11.6 Å². The molecule has 194 valence electrons. The van der Waals surface area contributed by atoms with E-state index in [0.717, 1.165) is 17.1 Å². The largest absolute Gasteiger partial charge is 0.423 e. The van der Waals surface area contributed by atoms with Gasteiger partial charge in [0.05, 0.1) is 23.2 Å². The fourth-order valence-electron chi connectivity index (χ4n) is 3.91. The van der Waals surface area contributed by atoms with Crippen LogP contribution >= 0.6 is 0 Å².